The van der Waals surface area contributed by atoms with Gasteiger partial charge < -0.3 is 25.3 Å². The molecule has 2 rings (SSSR count). The van der Waals surface area contributed by atoms with Crippen molar-refractivity contribution in [1.82, 2.24) is 5.32 Å². The molecule has 0 bridgehead atoms. The smallest absolute Gasteiger partial charge is 0.471 e. The molecule has 0 spiro atoms. The maximum atomic E-state index is 15.3. The first-order chi connectivity index (χ1) is 15.1. The second kappa shape index (κ2) is 10.4. The Morgan fingerprint density at radius 1 is 1.22 bits per heavy atom. The molecule has 2 aromatic carbocycles. The lowest BCUT2D eigenvalue weighted by atomic mass is 9.98. The molecule has 0 aliphatic carbocycles. The quantitative estimate of drug-likeness (QED) is 0.394. The molecule has 2 aromatic rings. The zero-order chi connectivity index (χ0) is 23.9. The average molecular weight is 454 g/mol. The Balaban J connectivity index is 2.52. The molecule has 0 aromatic heterocycles. The zero-order valence-corrected chi connectivity index (χ0v) is 16.4. The highest BCUT2D eigenvalue weighted by Crippen LogP contribution is 2.36. The van der Waals surface area contributed by atoms with Gasteiger partial charge >= 0.3 is 18.2 Å². The van der Waals surface area contributed by atoms with Crippen LogP contribution in [0.25, 0.3) is 6.08 Å². The molecular formula is C21H18F4N2O5. The molecular weight excluding hydrogens is 436 g/mol. The minimum Gasteiger partial charge on any atom is -0.487 e. The fourth-order valence-electron chi connectivity index (χ4n) is 2.74. The Labute approximate surface area is 179 Å². The van der Waals surface area contributed by atoms with Crippen molar-refractivity contribution in [3.8, 4) is 5.75 Å². The van der Waals surface area contributed by atoms with Crippen molar-refractivity contribution in [2.75, 3.05) is 5.32 Å². The molecule has 7 nitrogen and oxygen atoms in total. The van der Waals surface area contributed by atoms with Crippen molar-refractivity contribution in [2.24, 2.45) is 0 Å². The number of nitrogens with one attached hydrogen (secondary N) is 2. The fraction of sp³-hybridized carbons (Fsp3) is 0.190. The number of ether oxygens (including phenoxy) is 1. The van der Waals surface area contributed by atoms with E-state index in [-0.39, 0.29) is 24.0 Å². The highest BCUT2D eigenvalue weighted by molar-refractivity contribution is 5.96. The van der Waals surface area contributed by atoms with E-state index in [4.69, 9.17) is 9.84 Å². The van der Waals surface area contributed by atoms with Gasteiger partial charge in [-0.3, -0.25) is 4.79 Å². The van der Waals surface area contributed by atoms with E-state index in [2.05, 4.69) is 6.58 Å². The van der Waals surface area contributed by atoms with Crippen LogP contribution in [-0.4, -0.2) is 35.6 Å². The number of alkyl halides is 3. The topological polar surface area (TPSA) is 105 Å². The molecule has 0 saturated carbocycles. The summed E-state index contributed by atoms with van der Waals surface area (Å²) in [5.74, 6) is -4.16. The third-order valence-corrected chi connectivity index (χ3v) is 4.22. The number of benzene rings is 2. The van der Waals surface area contributed by atoms with Crippen LogP contribution in [0.5, 0.6) is 5.75 Å². The summed E-state index contributed by atoms with van der Waals surface area (Å²) in [7, 11) is 0. The predicted molar refractivity (Wildman–Crippen MR) is 107 cm³/mol. The summed E-state index contributed by atoms with van der Waals surface area (Å²) in [6, 6.07) is 8.19. The number of hydrogen-bond donors (Lipinski definition) is 3. The van der Waals surface area contributed by atoms with E-state index in [9.17, 15) is 27.6 Å². The van der Waals surface area contributed by atoms with Crippen LogP contribution in [0.15, 0.2) is 43.0 Å². The Bertz CT molecular complexity index is 1010. The van der Waals surface area contributed by atoms with E-state index in [1.165, 1.54) is 5.32 Å². The summed E-state index contributed by atoms with van der Waals surface area (Å²) >= 11 is 0. The molecule has 0 aliphatic rings. The van der Waals surface area contributed by atoms with Crippen LogP contribution < -0.4 is 15.4 Å². The molecule has 170 valence electrons. The SMILES string of the molecule is C=Cc1cc(OCc2ccccc2)c(NC(=O)C(F)(F)F)c(F)c1CC(C=O)NC(=O)O. The van der Waals surface area contributed by atoms with Gasteiger partial charge in [0.25, 0.3) is 0 Å². The maximum absolute atomic E-state index is 15.3. The van der Waals surface area contributed by atoms with Gasteiger partial charge in [0.1, 0.15) is 24.3 Å². The lowest BCUT2D eigenvalue weighted by Crippen LogP contribution is -2.37. The summed E-state index contributed by atoms with van der Waals surface area (Å²) in [5.41, 5.74) is -0.578. The van der Waals surface area contributed by atoms with Gasteiger partial charge in [-0.25, -0.2) is 9.18 Å². The first-order valence-electron chi connectivity index (χ1n) is 9.04. The Morgan fingerprint density at radius 3 is 2.41 bits per heavy atom. The van der Waals surface area contributed by atoms with E-state index in [0.717, 1.165) is 12.1 Å². The molecule has 32 heavy (non-hydrogen) atoms. The lowest BCUT2D eigenvalue weighted by molar-refractivity contribution is -0.167. The Morgan fingerprint density at radius 2 is 1.88 bits per heavy atom. The van der Waals surface area contributed by atoms with Gasteiger partial charge in [0.15, 0.2) is 5.82 Å². The minimum absolute atomic E-state index is 0.0367. The van der Waals surface area contributed by atoms with Gasteiger partial charge in [-0.1, -0.05) is 43.0 Å². The fourth-order valence-corrected chi connectivity index (χ4v) is 2.74. The largest absolute Gasteiger partial charge is 0.487 e. The molecule has 1 unspecified atom stereocenters. The van der Waals surface area contributed by atoms with Crippen molar-refractivity contribution in [3.05, 3.63) is 65.5 Å². The van der Waals surface area contributed by atoms with E-state index in [1.807, 2.05) is 5.32 Å². The number of carbonyl (C=O) groups is 3. The van der Waals surface area contributed by atoms with Gasteiger partial charge in [-0.2, -0.15) is 13.2 Å². The zero-order valence-electron chi connectivity index (χ0n) is 16.4. The summed E-state index contributed by atoms with van der Waals surface area (Å²) < 4.78 is 59.1. The van der Waals surface area contributed by atoms with E-state index < -0.39 is 47.9 Å². The molecule has 0 aliphatic heterocycles. The highest BCUT2D eigenvalue weighted by Gasteiger charge is 2.40. The van der Waals surface area contributed by atoms with E-state index >= 15 is 4.39 Å². The molecule has 0 radical (unpaired) electrons. The second-order valence-electron chi connectivity index (χ2n) is 6.46. The average Bonchev–Trinajstić information content (AvgIpc) is 2.74. The summed E-state index contributed by atoms with van der Waals surface area (Å²) in [5, 5.41) is 12.1. The number of rotatable bonds is 9. The van der Waals surface area contributed by atoms with Crippen LogP contribution >= 0.6 is 0 Å². The molecule has 11 heteroatoms. The van der Waals surface area contributed by atoms with Crippen molar-refractivity contribution in [3.63, 3.8) is 0 Å². The Kier molecular flexibility index (Phi) is 7.94. The Hall–Kier alpha value is -3.89. The minimum atomic E-state index is -5.31. The predicted octanol–water partition coefficient (Wildman–Crippen LogP) is 3.93. The van der Waals surface area contributed by atoms with Crippen LogP contribution in [0.4, 0.5) is 28.0 Å². The molecule has 2 amide bonds. The van der Waals surface area contributed by atoms with Crippen molar-refractivity contribution >= 4 is 30.0 Å². The van der Waals surface area contributed by atoms with E-state index in [1.54, 1.807) is 30.3 Å². The lowest BCUT2D eigenvalue weighted by Gasteiger charge is -2.20. The number of carboxylic acid groups (broad SMARTS) is 1. The number of anilines is 1. The number of halogens is 4. The third-order valence-electron chi connectivity index (χ3n) is 4.22. The first-order valence-corrected chi connectivity index (χ1v) is 9.04. The number of carbonyl (C=O) groups excluding carboxylic acids is 2. The molecule has 0 fully saturated rings. The molecule has 1 atom stereocenters. The van der Waals surface area contributed by atoms with Crippen molar-refractivity contribution < 1.29 is 41.8 Å². The van der Waals surface area contributed by atoms with Crippen LogP contribution in [0.3, 0.4) is 0 Å². The van der Waals surface area contributed by atoms with Gasteiger partial charge in [-0.05, 0) is 22.8 Å². The number of amides is 2. The maximum Gasteiger partial charge on any atom is 0.471 e. The molecule has 3 N–H and O–H groups in total. The van der Waals surface area contributed by atoms with Crippen LogP contribution in [0.1, 0.15) is 16.7 Å². The monoisotopic (exact) mass is 454 g/mol. The molecule has 0 heterocycles. The first kappa shape index (κ1) is 24.4. The molecule has 0 saturated heterocycles. The standard InChI is InChI=1S/C21H18F4N2O5/c1-2-13-8-16(32-11-12-6-4-3-5-7-12)18(27-19(29)21(23,24)25)17(22)15(13)9-14(10-28)26-20(30)31/h2-8,10,14,26H,1,9,11H2,(H,27,29)(H,30,31). The summed E-state index contributed by atoms with van der Waals surface area (Å²) in [4.78, 5) is 33.4. The second-order valence-corrected chi connectivity index (χ2v) is 6.46. The number of hydrogen-bond acceptors (Lipinski definition) is 4. The normalized spacial score (nSPS) is 11.9. The van der Waals surface area contributed by atoms with Gasteiger partial charge in [0.05, 0.1) is 6.04 Å². The summed E-state index contributed by atoms with van der Waals surface area (Å²) in [6.45, 7) is 3.35. The van der Waals surface area contributed by atoms with Crippen LogP contribution in [0.2, 0.25) is 0 Å². The number of aldehydes is 1. The third kappa shape index (κ3) is 6.30. The van der Waals surface area contributed by atoms with Gasteiger partial charge in [-0.15, -0.1) is 0 Å². The van der Waals surface area contributed by atoms with E-state index in [0.29, 0.717) is 5.56 Å². The summed E-state index contributed by atoms with van der Waals surface area (Å²) in [6.07, 6.45) is -6.05. The van der Waals surface area contributed by atoms with Gasteiger partial charge in [0, 0.05) is 6.42 Å². The van der Waals surface area contributed by atoms with Crippen molar-refractivity contribution in [2.45, 2.75) is 25.2 Å². The van der Waals surface area contributed by atoms with Gasteiger partial charge in [0.2, 0.25) is 0 Å². The van der Waals surface area contributed by atoms with Crippen molar-refractivity contribution in [1.29, 1.82) is 0 Å². The van der Waals surface area contributed by atoms with Crippen LogP contribution in [0, 0.1) is 5.82 Å². The highest BCUT2D eigenvalue weighted by atomic mass is 19.4. The van der Waals surface area contributed by atoms with Crippen LogP contribution in [-0.2, 0) is 22.6 Å².